The topological polar surface area (TPSA) is 57.9 Å². The maximum absolute atomic E-state index is 12.4. The summed E-state index contributed by atoms with van der Waals surface area (Å²) in [7, 11) is 0. The van der Waals surface area contributed by atoms with E-state index in [0.717, 1.165) is 22.6 Å². The number of rotatable bonds is 5. The van der Waals surface area contributed by atoms with Gasteiger partial charge in [0.25, 0.3) is 5.56 Å². The zero-order valence-electron chi connectivity index (χ0n) is 13.3. The molecule has 122 valence electrons. The van der Waals surface area contributed by atoms with E-state index in [4.69, 9.17) is 17.0 Å². The number of H-pyrrole nitrogens is 2. The zero-order valence-corrected chi connectivity index (χ0v) is 14.2. The normalized spacial score (nSPS) is 10.5. The zero-order chi connectivity index (χ0) is 16.9. The number of hydrogen-bond donors (Lipinski definition) is 2. The Balaban J connectivity index is 2.01. The largest absolute Gasteiger partial charge is 0.494 e. The summed E-state index contributed by atoms with van der Waals surface area (Å²) in [6.07, 6.45) is 0.512. The Kier molecular flexibility index (Phi) is 4.91. The summed E-state index contributed by atoms with van der Waals surface area (Å²) in [6, 6.07) is 17.5. The maximum atomic E-state index is 12.4. The monoisotopic (exact) mass is 338 g/mol. The van der Waals surface area contributed by atoms with Gasteiger partial charge in [0.1, 0.15) is 5.75 Å². The van der Waals surface area contributed by atoms with Gasteiger partial charge in [-0.05, 0) is 42.4 Å². The molecule has 0 saturated carbocycles. The Hall–Kier alpha value is -2.66. The first-order valence-electron chi connectivity index (χ1n) is 7.80. The number of aromatic nitrogens is 2. The summed E-state index contributed by atoms with van der Waals surface area (Å²) in [5.74, 6) is 0.825. The van der Waals surface area contributed by atoms with Crippen LogP contribution in [-0.2, 0) is 6.42 Å². The van der Waals surface area contributed by atoms with Gasteiger partial charge in [-0.1, -0.05) is 42.5 Å². The molecule has 24 heavy (non-hydrogen) atoms. The lowest BCUT2D eigenvalue weighted by Crippen LogP contribution is -2.16. The minimum Gasteiger partial charge on any atom is -0.494 e. The molecular weight excluding hydrogens is 320 g/mol. The molecule has 0 unspecified atom stereocenters. The molecule has 0 aliphatic carbocycles. The standard InChI is InChI=1S/C19H18N2O2S/c1-2-23-15-10-8-13(9-11-15)12-16-17(14-6-4-3-5-7-14)20-19(24)21-18(16)22/h3-11H,2,12H2,1H3,(H2,20,21,22,24). The van der Waals surface area contributed by atoms with Crippen LogP contribution in [0.3, 0.4) is 0 Å². The summed E-state index contributed by atoms with van der Waals surface area (Å²) in [6.45, 7) is 2.58. The van der Waals surface area contributed by atoms with Crippen LogP contribution >= 0.6 is 12.2 Å². The minimum atomic E-state index is -0.161. The van der Waals surface area contributed by atoms with E-state index in [1.165, 1.54) is 0 Å². The van der Waals surface area contributed by atoms with Gasteiger partial charge in [0.2, 0.25) is 0 Å². The minimum absolute atomic E-state index is 0.161. The van der Waals surface area contributed by atoms with E-state index in [-0.39, 0.29) is 5.56 Å². The lowest BCUT2D eigenvalue weighted by molar-refractivity contribution is 0.340. The number of aromatic amines is 2. The molecule has 3 aromatic rings. The summed E-state index contributed by atoms with van der Waals surface area (Å²) in [4.78, 5) is 18.2. The second-order valence-electron chi connectivity index (χ2n) is 5.38. The fraction of sp³-hybridized carbons (Fsp3) is 0.158. The lowest BCUT2D eigenvalue weighted by Gasteiger charge is -2.10. The molecular formula is C19H18N2O2S. The average Bonchev–Trinajstić information content (AvgIpc) is 2.59. The Bertz CT molecular complexity index is 928. The molecule has 0 amide bonds. The predicted molar refractivity (Wildman–Crippen MR) is 98.1 cm³/mol. The first-order chi connectivity index (χ1) is 11.7. The highest BCUT2D eigenvalue weighted by Crippen LogP contribution is 2.21. The smallest absolute Gasteiger partial charge is 0.255 e. The molecule has 2 aromatic carbocycles. The van der Waals surface area contributed by atoms with Crippen molar-refractivity contribution in [3.8, 4) is 17.0 Å². The molecule has 0 aliphatic heterocycles. The molecule has 0 spiro atoms. The van der Waals surface area contributed by atoms with Crippen molar-refractivity contribution in [2.24, 2.45) is 0 Å². The van der Waals surface area contributed by atoms with Crippen LogP contribution in [0.4, 0.5) is 0 Å². The van der Waals surface area contributed by atoms with E-state index < -0.39 is 0 Å². The molecule has 2 N–H and O–H groups in total. The van der Waals surface area contributed by atoms with Gasteiger partial charge in [-0.3, -0.25) is 9.78 Å². The van der Waals surface area contributed by atoms with Crippen LogP contribution in [0.25, 0.3) is 11.3 Å². The summed E-state index contributed by atoms with van der Waals surface area (Å²) in [5, 5.41) is 0. The Morgan fingerprint density at radius 3 is 2.38 bits per heavy atom. The number of hydrogen-bond acceptors (Lipinski definition) is 3. The first-order valence-corrected chi connectivity index (χ1v) is 8.21. The van der Waals surface area contributed by atoms with E-state index in [1.54, 1.807) is 0 Å². The molecule has 1 aromatic heterocycles. The SMILES string of the molecule is CCOc1ccc(Cc2c(-c3ccccc3)[nH]c(=S)[nH]c2=O)cc1. The molecule has 0 bridgehead atoms. The van der Waals surface area contributed by atoms with Crippen molar-refractivity contribution in [1.82, 2.24) is 9.97 Å². The third-order valence-corrected chi connectivity index (χ3v) is 3.92. The number of ether oxygens (including phenoxy) is 1. The van der Waals surface area contributed by atoms with Crippen molar-refractivity contribution >= 4 is 12.2 Å². The van der Waals surface area contributed by atoms with Gasteiger partial charge in [-0.25, -0.2) is 0 Å². The van der Waals surface area contributed by atoms with Crippen LogP contribution < -0.4 is 10.3 Å². The molecule has 0 saturated heterocycles. The lowest BCUT2D eigenvalue weighted by atomic mass is 10.0. The van der Waals surface area contributed by atoms with E-state index in [0.29, 0.717) is 23.4 Å². The van der Waals surface area contributed by atoms with Crippen molar-refractivity contribution in [2.45, 2.75) is 13.3 Å². The molecule has 3 rings (SSSR count). The molecule has 0 atom stereocenters. The van der Waals surface area contributed by atoms with Gasteiger partial charge in [-0.2, -0.15) is 0 Å². The Morgan fingerprint density at radius 1 is 1.00 bits per heavy atom. The second kappa shape index (κ2) is 7.27. The highest BCUT2D eigenvalue weighted by Gasteiger charge is 2.11. The summed E-state index contributed by atoms with van der Waals surface area (Å²) >= 11 is 5.13. The van der Waals surface area contributed by atoms with Gasteiger partial charge >= 0.3 is 0 Å². The van der Waals surface area contributed by atoms with Crippen LogP contribution in [0, 0.1) is 4.77 Å². The van der Waals surface area contributed by atoms with Crippen molar-refractivity contribution in [3.05, 3.63) is 80.8 Å². The van der Waals surface area contributed by atoms with Gasteiger partial charge in [-0.15, -0.1) is 0 Å². The molecule has 1 heterocycles. The highest BCUT2D eigenvalue weighted by atomic mass is 32.1. The summed E-state index contributed by atoms with van der Waals surface area (Å²) in [5.41, 5.74) is 3.24. The van der Waals surface area contributed by atoms with Gasteiger partial charge in [0, 0.05) is 12.0 Å². The van der Waals surface area contributed by atoms with Gasteiger partial charge < -0.3 is 9.72 Å². The van der Waals surface area contributed by atoms with Crippen LogP contribution in [0.2, 0.25) is 0 Å². The maximum Gasteiger partial charge on any atom is 0.255 e. The van der Waals surface area contributed by atoms with Crippen molar-refractivity contribution in [3.63, 3.8) is 0 Å². The average molecular weight is 338 g/mol. The summed E-state index contributed by atoms with van der Waals surface area (Å²) < 4.78 is 5.78. The second-order valence-corrected chi connectivity index (χ2v) is 5.79. The Morgan fingerprint density at radius 2 is 1.71 bits per heavy atom. The van der Waals surface area contributed by atoms with E-state index in [2.05, 4.69) is 9.97 Å². The quantitative estimate of drug-likeness (QED) is 0.689. The number of nitrogens with one attached hydrogen (secondary N) is 2. The third-order valence-electron chi connectivity index (χ3n) is 3.72. The number of benzene rings is 2. The molecule has 0 fully saturated rings. The van der Waals surface area contributed by atoms with Crippen molar-refractivity contribution < 1.29 is 4.74 Å². The van der Waals surface area contributed by atoms with Gasteiger partial charge in [0.05, 0.1) is 12.3 Å². The fourth-order valence-electron chi connectivity index (χ4n) is 2.61. The van der Waals surface area contributed by atoms with Crippen LogP contribution in [0.5, 0.6) is 5.75 Å². The predicted octanol–water partition coefficient (Wildman–Crippen LogP) is 4.09. The van der Waals surface area contributed by atoms with E-state index >= 15 is 0 Å². The van der Waals surface area contributed by atoms with Crippen molar-refractivity contribution in [2.75, 3.05) is 6.61 Å². The van der Waals surface area contributed by atoms with Crippen LogP contribution in [0.1, 0.15) is 18.1 Å². The molecule has 0 radical (unpaired) electrons. The van der Waals surface area contributed by atoms with Crippen LogP contribution in [-0.4, -0.2) is 16.6 Å². The van der Waals surface area contributed by atoms with E-state index in [1.807, 2.05) is 61.5 Å². The third kappa shape index (κ3) is 3.63. The van der Waals surface area contributed by atoms with E-state index in [9.17, 15) is 4.79 Å². The van der Waals surface area contributed by atoms with Crippen LogP contribution in [0.15, 0.2) is 59.4 Å². The molecule has 4 nitrogen and oxygen atoms in total. The highest BCUT2D eigenvalue weighted by molar-refractivity contribution is 7.71. The fourth-order valence-corrected chi connectivity index (χ4v) is 2.80. The van der Waals surface area contributed by atoms with Gasteiger partial charge in [0.15, 0.2) is 4.77 Å². The van der Waals surface area contributed by atoms with Crippen molar-refractivity contribution in [1.29, 1.82) is 0 Å². The first kappa shape index (κ1) is 16.2. The molecule has 0 aliphatic rings. The Labute approximate surface area is 145 Å². The molecule has 5 heteroatoms.